The first-order valence-electron chi connectivity index (χ1n) is 6.29. The molecule has 98 valence electrons. The molecule has 2 N–H and O–H groups in total. The predicted octanol–water partition coefficient (Wildman–Crippen LogP) is 2.25. The summed E-state index contributed by atoms with van der Waals surface area (Å²) in [5.41, 5.74) is 7.32. The van der Waals surface area contributed by atoms with E-state index in [2.05, 4.69) is 29.1 Å². The van der Waals surface area contributed by atoms with Crippen LogP contribution in [0.2, 0.25) is 0 Å². The second kappa shape index (κ2) is 5.33. The van der Waals surface area contributed by atoms with Gasteiger partial charge in [0.15, 0.2) is 0 Å². The molecule has 0 saturated carbocycles. The molecule has 4 heteroatoms. The fourth-order valence-corrected chi connectivity index (χ4v) is 3.17. The molecule has 0 unspecified atom stereocenters. The van der Waals surface area contributed by atoms with E-state index < -0.39 is 5.41 Å². The van der Waals surface area contributed by atoms with E-state index in [1.807, 2.05) is 25.6 Å². The number of thioether (sulfide) groups is 1. The summed E-state index contributed by atoms with van der Waals surface area (Å²) < 4.78 is 0. The number of rotatable bonds is 3. The van der Waals surface area contributed by atoms with Crippen molar-refractivity contribution in [3.05, 3.63) is 29.3 Å². The monoisotopic (exact) mass is 264 g/mol. The van der Waals surface area contributed by atoms with Gasteiger partial charge in [0.05, 0.1) is 5.41 Å². The van der Waals surface area contributed by atoms with Crippen LogP contribution in [0.25, 0.3) is 0 Å². The number of hydrazine groups is 1. The molecule has 18 heavy (non-hydrogen) atoms. The van der Waals surface area contributed by atoms with Gasteiger partial charge in [-0.25, -0.2) is 5.43 Å². The Labute approximate surface area is 113 Å². The van der Waals surface area contributed by atoms with Gasteiger partial charge in [-0.15, -0.1) is 11.8 Å². The molecule has 0 spiro atoms. The van der Waals surface area contributed by atoms with Crippen molar-refractivity contribution in [3.63, 3.8) is 0 Å². The summed E-state index contributed by atoms with van der Waals surface area (Å²) in [4.78, 5) is 13.4. The summed E-state index contributed by atoms with van der Waals surface area (Å²) in [6, 6.07) is 6.42. The van der Waals surface area contributed by atoms with E-state index in [0.717, 1.165) is 12.0 Å². The second-order valence-corrected chi connectivity index (χ2v) is 6.24. The Morgan fingerprint density at radius 3 is 2.89 bits per heavy atom. The fourth-order valence-electron chi connectivity index (χ4n) is 2.15. The van der Waals surface area contributed by atoms with E-state index >= 15 is 0 Å². The van der Waals surface area contributed by atoms with Crippen molar-refractivity contribution in [2.75, 3.05) is 12.8 Å². The highest BCUT2D eigenvalue weighted by molar-refractivity contribution is 7.99. The Morgan fingerprint density at radius 2 is 2.17 bits per heavy atom. The first kappa shape index (κ1) is 13.4. The van der Waals surface area contributed by atoms with Crippen LogP contribution in [0.3, 0.4) is 0 Å². The first-order valence-corrected chi connectivity index (χ1v) is 7.27. The maximum atomic E-state index is 12.1. The third-order valence-corrected chi connectivity index (χ3v) is 4.64. The van der Waals surface area contributed by atoms with Crippen LogP contribution in [0.5, 0.6) is 0 Å². The van der Waals surface area contributed by atoms with Gasteiger partial charge >= 0.3 is 0 Å². The van der Waals surface area contributed by atoms with Crippen molar-refractivity contribution in [1.82, 2.24) is 10.9 Å². The number of carbonyl (C=O) groups is 1. The van der Waals surface area contributed by atoms with Gasteiger partial charge in [0.1, 0.15) is 0 Å². The zero-order valence-electron chi connectivity index (χ0n) is 11.2. The molecule has 0 radical (unpaired) electrons. The Morgan fingerprint density at radius 1 is 1.39 bits per heavy atom. The van der Waals surface area contributed by atoms with E-state index in [9.17, 15) is 4.79 Å². The summed E-state index contributed by atoms with van der Waals surface area (Å²) >= 11 is 1.91. The average molecular weight is 264 g/mol. The molecule has 0 fully saturated rings. The molecule has 0 saturated heterocycles. The lowest BCUT2D eigenvalue weighted by Gasteiger charge is -2.26. The molecule has 2 rings (SSSR count). The van der Waals surface area contributed by atoms with Crippen LogP contribution >= 0.6 is 11.8 Å². The maximum Gasteiger partial charge on any atom is 0.244 e. The highest BCUT2D eigenvalue weighted by atomic mass is 32.2. The predicted molar refractivity (Wildman–Crippen MR) is 75.7 cm³/mol. The summed E-state index contributed by atoms with van der Waals surface area (Å²) in [5, 5.41) is 0. The van der Waals surface area contributed by atoms with Gasteiger partial charge < -0.3 is 0 Å². The first-order chi connectivity index (χ1) is 8.55. The van der Waals surface area contributed by atoms with Gasteiger partial charge in [0, 0.05) is 11.9 Å². The van der Waals surface area contributed by atoms with Crippen LogP contribution in [-0.4, -0.2) is 18.7 Å². The molecular formula is C14H20N2OS. The Balaban J connectivity index is 2.30. The molecule has 0 bridgehead atoms. The average Bonchev–Trinajstić information content (AvgIpc) is 2.38. The third kappa shape index (κ3) is 2.54. The lowest BCUT2D eigenvalue weighted by atomic mass is 9.83. The van der Waals surface area contributed by atoms with E-state index in [1.54, 1.807) is 7.05 Å². The molecular weight excluding hydrogens is 244 g/mol. The van der Waals surface area contributed by atoms with Gasteiger partial charge in [0.25, 0.3) is 0 Å². The summed E-state index contributed by atoms with van der Waals surface area (Å²) in [6.07, 6.45) is 2.35. The molecule has 1 aliphatic rings. The van der Waals surface area contributed by atoms with Crippen LogP contribution in [0, 0.1) is 0 Å². The highest BCUT2D eigenvalue weighted by Crippen LogP contribution is 2.33. The smallest absolute Gasteiger partial charge is 0.244 e. The molecule has 1 aliphatic heterocycles. The lowest BCUT2D eigenvalue weighted by molar-refractivity contribution is -0.126. The quantitative estimate of drug-likeness (QED) is 0.823. The Kier molecular flexibility index (Phi) is 3.97. The van der Waals surface area contributed by atoms with Crippen molar-refractivity contribution >= 4 is 17.7 Å². The van der Waals surface area contributed by atoms with Crippen LogP contribution in [0.4, 0.5) is 0 Å². The number of nitrogens with one attached hydrogen (secondary N) is 2. The molecule has 1 aromatic rings. The number of benzene rings is 1. The van der Waals surface area contributed by atoms with Crippen molar-refractivity contribution in [1.29, 1.82) is 0 Å². The lowest BCUT2D eigenvalue weighted by Crippen LogP contribution is -2.45. The van der Waals surface area contributed by atoms with Crippen LogP contribution in [0.1, 0.15) is 31.4 Å². The van der Waals surface area contributed by atoms with E-state index in [-0.39, 0.29) is 5.91 Å². The molecule has 0 atom stereocenters. The van der Waals surface area contributed by atoms with Crippen molar-refractivity contribution in [2.24, 2.45) is 0 Å². The molecule has 3 nitrogen and oxygen atoms in total. The molecule has 1 heterocycles. The number of hydrogen-bond donors (Lipinski definition) is 2. The Hall–Kier alpha value is -1.00. The second-order valence-electron chi connectivity index (χ2n) is 5.10. The molecule has 0 aromatic heterocycles. The normalized spacial score (nSPS) is 15.1. The largest absolute Gasteiger partial charge is 0.291 e. The van der Waals surface area contributed by atoms with Crippen molar-refractivity contribution in [2.45, 2.75) is 37.0 Å². The van der Waals surface area contributed by atoms with Crippen LogP contribution < -0.4 is 10.9 Å². The van der Waals surface area contributed by atoms with Gasteiger partial charge in [0.2, 0.25) is 5.91 Å². The number of carbonyl (C=O) groups excluding carboxylic acids is 1. The minimum absolute atomic E-state index is 0.00610. The van der Waals surface area contributed by atoms with Gasteiger partial charge in [-0.2, -0.15) is 0 Å². The van der Waals surface area contributed by atoms with Gasteiger partial charge in [-0.1, -0.05) is 12.1 Å². The standard InChI is InChI=1S/C14H20N2OS/c1-14(2,13(17)16-15-3)11-6-7-12-10(9-11)5-4-8-18-12/h6-7,9,15H,4-5,8H2,1-3H3,(H,16,17). The van der Waals surface area contributed by atoms with E-state index in [1.165, 1.54) is 22.6 Å². The molecule has 1 amide bonds. The topological polar surface area (TPSA) is 41.1 Å². The summed E-state index contributed by atoms with van der Waals surface area (Å²) in [7, 11) is 1.71. The van der Waals surface area contributed by atoms with Gasteiger partial charge in [-0.3, -0.25) is 10.2 Å². The van der Waals surface area contributed by atoms with E-state index in [0.29, 0.717) is 0 Å². The van der Waals surface area contributed by atoms with Crippen molar-refractivity contribution in [3.8, 4) is 0 Å². The van der Waals surface area contributed by atoms with Crippen LogP contribution in [-0.2, 0) is 16.6 Å². The van der Waals surface area contributed by atoms with Gasteiger partial charge in [-0.05, 0) is 49.6 Å². The highest BCUT2D eigenvalue weighted by Gasteiger charge is 2.30. The SMILES string of the molecule is CNNC(=O)C(C)(C)c1ccc2c(c1)CCCS2. The molecule has 0 aliphatic carbocycles. The summed E-state index contributed by atoms with van der Waals surface area (Å²) in [5.74, 6) is 1.20. The number of aryl methyl sites for hydroxylation is 1. The molecule has 1 aromatic carbocycles. The van der Waals surface area contributed by atoms with Crippen LogP contribution in [0.15, 0.2) is 23.1 Å². The minimum atomic E-state index is -0.514. The van der Waals surface area contributed by atoms with E-state index in [4.69, 9.17) is 0 Å². The number of amides is 1. The zero-order chi connectivity index (χ0) is 13.2. The fraction of sp³-hybridized carbons (Fsp3) is 0.500. The maximum absolute atomic E-state index is 12.1. The zero-order valence-corrected chi connectivity index (χ0v) is 12.0. The number of hydrogen-bond acceptors (Lipinski definition) is 3. The minimum Gasteiger partial charge on any atom is -0.291 e. The third-order valence-electron chi connectivity index (χ3n) is 3.44. The van der Waals surface area contributed by atoms with Crippen molar-refractivity contribution < 1.29 is 4.79 Å². The number of fused-ring (bicyclic) bond motifs is 1. The summed E-state index contributed by atoms with van der Waals surface area (Å²) in [6.45, 7) is 3.91. The Bertz CT molecular complexity index is 457.